The summed E-state index contributed by atoms with van der Waals surface area (Å²) in [5.74, 6) is 0.619. The quantitative estimate of drug-likeness (QED) is 0.582. The minimum Gasteiger partial charge on any atom is -0.481 e. The molecule has 0 saturated carbocycles. The zero-order valence-corrected chi connectivity index (χ0v) is 14.5. The monoisotopic (exact) mass is 333 g/mol. The molecule has 0 aliphatic heterocycles. The van der Waals surface area contributed by atoms with E-state index in [0.29, 0.717) is 12.5 Å². The summed E-state index contributed by atoms with van der Waals surface area (Å²) in [6, 6.07) is 24.7. The summed E-state index contributed by atoms with van der Waals surface area (Å²) >= 11 is 0. The van der Waals surface area contributed by atoms with Crippen LogP contribution in [-0.2, 0) is 17.8 Å². The highest BCUT2D eigenvalue weighted by molar-refractivity contribution is 5.21. The molecule has 0 bridgehead atoms. The smallest absolute Gasteiger partial charge is 0.212 e. The van der Waals surface area contributed by atoms with E-state index in [1.54, 1.807) is 7.11 Å². The van der Waals surface area contributed by atoms with Crippen LogP contribution in [0.15, 0.2) is 79.0 Å². The number of rotatable bonds is 8. The average Bonchev–Trinajstić information content (AvgIpc) is 2.70. The van der Waals surface area contributed by atoms with Gasteiger partial charge in [-0.3, -0.25) is 0 Å². The highest BCUT2D eigenvalue weighted by Crippen LogP contribution is 2.25. The maximum Gasteiger partial charge on any atom is 0.212 e. The topological polar surface area (TPSA) is 31.4 Å². The molecule has 0 saturated heterocycles. The van der Waals surface area contributed by atoms with Crippen molar-refractivity contribution in [2.75, 3.05) is 7.11 Å². The standard InChI is InChI=1S/C22H23NO2/c1-24-22-15-13-20(16-23-22)21(14-12-18-8-4-2-5-9-18)25-17-19-10-6-3-7-11-19/h2-11,13,15-16,21H,12,14,17H2,1H3. The van der Waals surface area contributed by atoms with Crippen molar-refractivity contribution in [3.05, 3.63) is 95.7 Å². The van der Waals surface area contributed by atoms with E-state index < -0.39 is 0 Å². The number of pyridine rings is 1. The van der Waals surface area contributed by atoms with Gasteiger partial charge in [-0.1, -0.05) is 60.7 Å². The van der Waals surface area contributed by atoms with E-state index in [9.17, 15) is 0 Å². The Kier molecular flexibility index (Phi) is 6.18. The third-order valence-electron chi connectivity index (χ3n) is 4.17. The lowest BCUT2D eigenvalue weighted by Gasteiger charge is -2.18. The van der Waals surface area contributed by atoms with Crippen LogP contribution in [0.3, 0.4) is 0 Å². The van der Waals surface area contributed by atoms with E-state index in [4.69, 9.17) is 9.47 Å². The zero-order chi connectivity index (χ0) is 17.3. The number of benzene rings is 2. The Morgan fingerprint density at radius 2 is 1.52 bits per heavy atom. The van der Waals surface area contributed by atoms with E-state index >= 15 is 0 Å². The van der Waals surface area contributed by atoms with Gasteiger partial charge in [-0.25, -0.2) is 4.98 Å². The molecular formula is C22H23NO2. The van der Waals surface area contributed by atoms with Gasteiger partial charge < -0.3 is 9.47 Å². The highest BCUT2D eigenvalue weighted by Gasteiger charge is 2.13. The summed E-state index contributed by atoms with van der Waals surface area (Å²) in [4.78, 5) is 4.33. The third-order valence-corrected chi connectivity index (χ3v) is 4.17. The SMILES string of the molecule is COc1ccc(C(CCc2ccccc2)OCc2ccccc2)cn1. The van der Waals surface area contributed by atoms with Gasteiger partial charge in [0.05, 0.1) is 19.8 Å². The van der Waals surface area contributed by atoms with Crippen molar-refractivity contribution in [1.82, 2.24) is 4.98 Å². The fraction of sp³-hybridized carbons (Fsp3) is 0.227. The number of hydrogen-bond donors (Lipinski definition) is 0. The van der Waals surface area contributed by atoms with E-state index in [2.05, 4.69) is 41.4 Å². The minimum atomic E-state index is -0.00109. The Hall–Kier alpha value is -2.65. The van der Waals surface area contributed by atoms with Crippen molar-refractivity contribution in [3.8, 4) is 5.88 Å². The Balaban J connectivity index is 1.70. The molecule has 0 radical (unpaired) electrons. The Bertz CT molecular complexity index is 699. The van der Waals surface area contributed by atoms with Crippen molar-refractivity contribution in [2.45, 2.75) is 25.6 Å². The van der Waals surface area contributed by atoms with Crippen LogP contribution in [0.4, 0.5) is 0 Å². The predicted molar refractivity (Wildman–Crippen MR) is 99.5 cm³/mol. The number of ether oxygens (including phenoxy) is 2. The fourth-order valence-corrected chi connectivity index (χ4v) is 2.76. The van der Waals surface area contributed by atoms with Crippen LogP contribution in [0.25, 0.3) is 0 Å². The van der Waals surface area contributed by atoms with Crippen molar-refractivity contribution < 1.29 is 9.47 Å². The number of hydrogen-bond acceptors (Lipinski definition) is 3. The first-order valence-corrected chi connectivity index (χ1v) is 8.54. The van der Waals surface area contributed by atoms with Crippen LogP contribution >= 0.6 is 0 Å². The molecule has 0 aliphatic rings. The number of aromatic nitrogens is 1. The third kappa shape index (κ3) is 5.16. The van der Waals surface area contributed by atoms with Gasteiger partial charge in [-0.2, -0.15) is 0 Å². The van der Waals surface area contributed by atoms with Gasteiger partial charge in [0.2, 0.25) is 5.88 Å². The molecule has 1 aromatic heterocycles. The van der Waals surface area contributed by atoms with Crippen LogP contribution in [-0.4, -0.2) is 12.1 Å². The molecule has 1 atom stereocenters. The Morgan fingerprint density at radius 1 is 0.840 bits per heavy atom. The summed E-state index contributed by atoms with van der Waals surface area (Å²) in [6.07, 6.45) is 3.72. The molecule has 1 heterocycles. The van der Waals surface area contributed by atoms with Crippen LogP contribution in [0.5, 0.6) is 5.88 Å². The maximum absolute atomic E-state index is 6.23. The second kappa shape index (κ2) is 9.00. The van der Waals surface area contributed by atoms with Crippen molar-refractivity contribution >= 4 is 0 Å². The molecular weight excluding hydrogens is 310 g/mol. The van der Waals surface area contributed by atoms with Crippen LogP contribution in [0.1, 0.15) is 29.2 Å². The summed E-state index contributed by atoms with van der Waals surface area (Å²) < 4.78 is 11.4. The van der Waals surface area contributed by atoms with Gasteiger partial charge in [0, 0.05) is 12.3 Å². The van der Waals surface area contributed by atoms with Crippen molar-refractivity contribution in [3.63, 3.8) is 0 Å². The fourth-order valence-electron chi connectivity index (χ4n) is 2.76. The van der Waals surface area contributed by atoms with Crippen LogP contribution in [0, 0.1) is 0 Å². The Morgan fingerprint density at radius 3 is 2.12 bits per heavy atom. The zero-order valence-electron chi connectivity index (χ0n) is 14.5. The molecule has 3 heteroatoms. The summed E-state index contributed by atoms with van der Waals surface area (Å²) in [5.41, 5.74) is 3.57. The van der Waals surface area contributed by atoms with Crippen LogP contribution < -0.4 is 4.74 Å². The molecule has 1 unspecified atom stereocenters. The largest absolute Gasteiger partial charge is 0.481 e. The number of aryl methyl sites for hydroxylation is 1. The molecule has 0 N–H and O–H groups in total. The summed E-state index contributed by atoms with van der Waals surface area (Å²) in [6.45, 7) is 0.590. The van der Waals surface area contributed by atoms with Crippen LogP contribution in [0.2, 0.25) is 0 Å². The molecule has 128 valence electrons. The first-order valence-electron chi connectivity index (χ1n) is 8.54. The normalized spacial score (nSPS) is 11.9. The molecule has 0 amide bonds. The predicted octanol–water partition coefficient (Wildman–Crippen LogP) is 4.98. The summed E-state index contributed by atoms with van der Waals surface area (Å²) in [5, 5.41) is 0. The molecule has 3 aromatic rings. The average molecular weight is 333 g/mol. The first kappa shape index (κ1) is 17.2. The van der Waals surface area contributed by atoms with E-state index in [0.717, 1.165) is 18.4 Å². The molecule has 0 aliphatic carbocycles. The van der Waals surface area contributed by atoms with Crippen molar-refractivity contribution in [1.29, 1.82) is 0 Å². The molecule has 25 heavy (non-hydrogen) atoms. The van der Waals surface area contributed by atoms with Gasteiger partial charge in [-0.05, 0) is 35.6 Å². The maximum atomic E-state index is 6.23. The lowest BCUT2D eigenvalue weighted by Crippen LogP contribution is -2.07. The van der Waals surface area contributed by atoms with E-state index in [1.165, 1.54) is 11.1 Å². The molecule has 3 rings (SSSR count). The van der Waals surface area contributed by atoms with Gasteiger partial charge in [0.15, 0.2) is 0 Å². The van der Waals surface area contributed by atoms with Gasteiger partial charge in [0.25, 0.3) is 0 Å². The first-order chi connectivity index (χ1) is 12.3. The van der Waals surface area contributed by atoms with Gasteiger partial charge in [0.1, 0.15) is 0 Å². The molecule has 0 spiro atoms. The summed E-state index contributed by atoms with van der Waals surface area (Å²) in [7, 11) is 1.63. The highest BCUT2D eigenvalue weighted by atomic mass is 16.5. The lowest BCUT2D eigenvalue weighted by molar-refractivity contribution is 0.0338. The van der Waals surface area contributed by atoms with Gasteiger partial charge >= 0.3 is 0 Å². The van der Waals surface area contributed by atoms with Gasteiger partial charge in [-0.15, -0.1) is 0 Å². The Labute approximate surface area is 149 Å². The second-order valence-electron chi connectivity index (χ2n) is 5.94. The minimum absolute atomic E-state index is 0.00109. The number of methoxy groups -OCH3 is 1. The van der Waals surface area contributed by atoms with E-state index in [-0.39, 0.29) is 6.10 Å². The lowest BCUT2D eigenvalue weighted by atomic mass is 10.0. The molecule has 0 fully saturated rings. The second-order valence-corrected chi connectivity index (χ2v) is 5.94. The van der Waals surface area contributed by atoms with E-state index in [1.807, 2.05) is 42.6 Å². The molecule has 2 aromatic carbocycles. The number of nitrogens with zero attached hydrogens (tertiary/aromatic N) is 1. The van der Waals surface area contributed by atoms with Crippen molar-refractivity contribution in [2.24, 2.45) is 0 Å². The molecule has 3 nitrogen and oxygen atoms in total.